The van der Waals surface area contributed by atoms with Gasteiger partial charge in [0.2, 0.25) is 0 Å². The smallest absolute Gasteiger partial charge is 0.258 e. The van der Waals surface area contributed by atoms with Crippen molar-refractivity contribution in [2.24, 2.45) is 5.92 Å². The van der Waals surface area contributed by atoms with E-state index in [1.165, 1.54) is 18.2 Å². The molecule has 3 aromatic rings. The lowest BCUT2D eigenvalue weighted by Crippen LogP contribution is -2.48. The van der Waals surface area contributed by atoms with Gasteiger partial charge in [-0.2, -0.15) is 5.10 Å². The Morgan fingerprint density at radius 2 is 2.06 bits per heavy atom. The third kappa shape index (κ3) is 4.23. The lowest BCUT2D eigenvalue weighted by atomic mass is 9.98. The number of benzene rings is 1. The van der Waals surface area contributed by atoms with Crippen LogP contribution >= 0.6 is 11.6 Å². The molecule has 2 saturated heterocycles. The molecule has 1 amide bonds. The van der Waals surface area contributed by atoms with Crippen LogP contribution in [0.4, 0.5) is 4.39 Å². The van der Waals surface area contributed by atoms with Crippen LogP contribution in [0.1, 0.15) is 54.2 Å². The number of aromatic nitrogens is 3. The van der Waals surface area contributed by atoms with Crippen molar-refractivity contribution < 1.29 is 19.0 Å². The van der Waals surface area contributed by atoms with Crippen LogP contribution in [0.5, 0.6) is 5.75 Å². The molecule has 10 heteroatoms. The SMILES string of the molecule is C[C@@H](CO)CN1[C@@H]2CC[C@H]1C[C@@H](Oc1cc(F)ccc1C(=O)N1Cc3nn4cc(Cl)cnc4c3C1)C2. The van der Waals surface area contributed by atoms with E-state index in [1.54, 1.807) is 21.8 Å². The van der Waals surface area contributed by atoms with Crippen LogP contribution in [-0.4, -0.2) is 66.8 Å². The summed E-state index contributed by atoms with van der Waals surface area (Å²) in [6.07, 6.45) is 7.06. The number of halogens is 2. The zero-order valence-electron chi connectivity index (χ0n) is 20.1. The largest absolute Gasteiger partial charge is 0.489 e. The highest BCUT2D eigenvalue weighted by molar-refractivity contribution is 6.30. The summed E-state index contributed by atoms with van der Waals surface area (Å²) >= 11 is 6.02. The average molecular weight is 514 g/mol. The number of hydrogen-bond donors (Lipinski definition) is 1. The molecule has 2 aromatic heterocycles. The Hall–Kier alpha value is -2.75. The molecule has 0 unspecified atom stereocenters. The zero-order chi connectivity index (χ0) is 25.0. The fraction of sp³-hybridized carbons (Fsp3) is 0.500. The zero-order valence-corrected chi connectivity index (χ0v) is 20.9. The number of ether oxygens (including phenoxy) is 1. The number of carbonyl (C=O) groups is 1. The van der Waals surface area contributed by atoms with Crippen molar-refractivity contribution in [2.75, 3.05) is 13.2 Å². The van der Waals surface area contributed by atoms with Gasteiger partial charge < -0.3 is 14.7 Å². The highest BCUT2D eigenvalue weighted by atomic mass is 35.5. The summed E-state index contributed by atoms with van der Waals surface area (Å²) in [6, 6.07) is 4.92. The Labute approximate surface area is 213 Å². The molecule has 190 valence electrons. The van der Waals surface area contributed by atoms with E-state index in [9.17, 15) is 14.3 Å². The van der Waals surface area contributed by atoms with Crippen LogP contribution in [0, 0.1) is 11.7 Å². The molecule has 0 saturated carbocycles. The highest BCUT2D eigenvalue weighted by Gasteiger charge is 2.42. The lowest BCUT2D eigenvalue weighted by Gasteiger charge is -2.40. The molecule has 0 aliphatic carbocycles. The summed E-state index contributed by atoms with van der Waals surface area (Å²) in [6.45, 7) is 3.83. The first-order valence-corrected chi connectivity index (χ1v) is 12.9. The lowest BCUT2D eigenvalue weighted by molar-refractivity contribution is 0.0340. The molecule has 36 heavy (non-hydrogen) atoms. The first-order chi connectivity index (χ1) is 17.4. The van der Waals surface area contributed by atoms with Crippen molar-refractivity contribution in [3.63, 3.8) is 0 Å². The van der Waals surface area contributed by atoms with Crippen LogP contribution in [-0.2, 0) is 13.1 Å². The average Bonchev–Trinajstić information content (AvgIpc) is 3.47. The van der Waals surface area contributed by atoms with Crippen molar-refractivity contribution in [3.05, 3.63) is 58.3 Å². The molecular formula is C26H29ClFN5O3. The fourth-order valence-corrected chi connectivity index (χ4v) is 6.16. The van der Waals surface area contributed by atoms with E-state index < -0.39 is 5.82 Å². The Balaban J connectivity index is 1.19. The van der Waals surface area contributed by atoms with Gasteiger partial charge in [-0.3, -0.25) is 9.69 Å². The van der Waals surface area contributed by atoms with Crippen molar-refractivity contribution in [1.82, 2.24) is 24.4 Å². The monoisotopic (exact) mass is 513 g/mol. The summed E-state index contributed by atoms with van der Waals surface area (Å²) in [5.74, 6) is -0.113. The number of aliphatic hydroxyl groups excluding tert-OH is 1. The quantitative estimate of drug-likeness (QED) is 0.541. The maximum Gasteiger partial charge on any atom is 0.258 e. The molecule has 1 aromatic carbocycles. The van der Waals surface area contributed by atoms with E-state index >= 15 is 0 Å². The second kappa shape index (κ2) is 9.28. The molecule has 8 nitrogen and oxygen atoms in total. The van der Waals surface area contributed by atoms with Crippen molar-refractivity contribution >= 4 is 23.2 Å². The summed E-state index contributed by atoms with van der Waals surface area (Å²) in [5, 5.41) is 14.5. The fourth-order valence-electron chi connectivity index (χ4n) is 6.02. The summed E-state index contributed by atoms with van der Waals surface area (Å²) in [5.41, 5.74) is 2.71. The minimum Gasteiger partial charge on any atom is -0.489 e. The second-order valence-electron chi connectivity index (χ2n) is 10.3. The van der Waals surface area contributed by atoms with Crippen LogP contribution < -0.4 is 4.74 Å². The van der Waals surface area contributed by atoms with Gasteiger partial charge in [-0.05, 0) is 43.7 Å². The summed E-state index contributed by atoms with van der Waals surface area (Å²) < 4.78 is 22.2. The van der Waals surface area contributed by atoms with E-state index in [2.05, 4.69) is 21.9 Å². The van der Waals surface area contributed by atoms with E-state index in [-0.39, 0.29) is 24.5 Å². The number of amides is 1. The Morgan fingerprint density at radius 3 is 2.81 bits per heavy atom. The van der Waals surface area contributed by atoms with Crippen molar-refractivity contribution in [2.45, 2.75) is 63.9 Å². The van der Waals surface area contributed by atoms with Gasteiger partial charge in [0.15, 0.2) is 5.65 Å². The van der Waals surface area contributed by atoms with Gasteiger partial charge in [-0.25, -0.2) is 13.9 Å². The minimum absolute atomic E-state index is 0.0783. The van der Waals surface area contributed by atoms with Gasteiger partial charge in [0.25, 0.3) is 5.91 Å². The second-order valence-corrected chi connectivity index (χ2v) is 10.8. The number of carbonyl (C=O) groups excluding carboxylic acids is 1. The van der Waals surface area contributed by atoms with Crippen molar-refractivity contribution in [1.29, 1.82) is 0 Å². The Bertz CT molecular complexity index is 1300. The van der Waals surface area contributed by atoms with Crippen molar-refractivity contribution in [3.8, 4) is 5.75 Å². The van der Waals surface area contributed by atoms with E-state index in [1.807, 2.05) is 0 Å². The van der Waals surface area contributed by atoms with E-state index in [4.69, 9.17) is 16.3 Å². The van der Waals surface area contributed by atoms with Gasteiger partial charge in [0, 0.05) is 43.1 Å². The van der Waals surface area contributed by atoms with Crippen LogP contribution in [0.2, 0.25) is 5.02 Å². The molecule has 2 bridgehead atoms. The molecule has 3 aliphatic heterocycles. The normalized spacial score (nSPS) is 24.3. The number of hydrogen-bond acceptors (Lipinski definition) is 6. The Morgan fingerprint density at radius 1 is 1.28 bits per heavy atom. The third-order valence-electron chi connectivity index (χ3n) is 7.74. The van der Waals surface area contributed by atoms with Gasteiger partial charge in [0.05, 0.1) is 35.6 Å². The number of fused-ring (bicyclic) bond motifs is 5. The first kappa shape index (κ1) is 23.6. The van der Waals surface area contributed by atoms with E-state index in [0.717, 1.165) is 43.5 Å². The standard InChI is InChI=1S/C26H29ClFN5O3/c1-15(14-34)10-32-18-3-4-19(32)8-20(7-18)36-24-6-17(28)2-5-21(24)26(35)31-12-22-23(13-31)30-33-11-16(27)9-29-25(22)33/h2,5-6,9,11,15,18-20,34H,3-4,7-8,10,12-14H2,1H3/t15-,18-,19+,20+/m1/s1. The van der Waals surface area contributed by atoms with E-state index in [0.29, 0.717) is 47.2 Å². The first-order valence-electron chi connectivity index (χ1n) is 12.5. The third-order valence-corrected chi connectivity index (χ3v) is 7.93. The molecule has 2 fully saturated rings. The summed E-state index contributed by atoms with van der Waals surface area (Å²) in [4.78, 5) is 22.1. The van der Waals surface area contributed by atoms with Crippen LogP contribution in [0.3, 0.4) is 0 Å². The molecule has 4 atom stereocenters. The summed E-state index contributed by atoms with van der Waals surface area (Å²) in [7, 11) is 0. The maximum absolute atomic E-state index is 14.3. The molecule has 5 heterocycles. The molecule has 0 radical (unpaired) electrons. The number of piperidine rings is 1. The molecule has 3 aliphatic rings. The number of rotatable bonds is 6. The van der Waals surface area contributed by atoms with Gasteiger partial charge in [0.1, 0.15) is 17.7 Å². The number of nitrogens with zero attached hydrogens (tertiary/aromatic N) is 5. The van der Waals surface area contributed by atoms with Crippen LogP contribution in [0.15, 0.2) is 30.6 Å². The molecule has 6 rings (SSSR count). The number of aliphatic hydroxyl groups is 1. The highest BCUT2D eigenvalue weighted by Crippen LogP contribution is 2.39. The predicted octanol–water partition coefficient (Wildman–Crippen LogP) is 3.68. The topological polar surface area (TPSA) is 83.2 Å². The molecule has 0 spiro atoms. The maximum atomic E-state index is 14.3. The van der Waals surface area contributed by atoms with Gasteiger partial charge >= 0.3 is 0 Å². The molecular weight excluding hydrogens is 485 g/mol. The molecule has 1 N–H and O–H groups in total. The van der Waals surface area contributed by atoms with Gasteiger partial charge in [-0.1, -0.05) is 18.5 Å². The Kier molecular flexibility index (Phi) is 6.09. The van der Waals surface area contributed by atoms with Gasteiger partial charge in [-0.15, -0.1) is 0 Å². The van der Waals surface area contributed by atoms with Crippen LogP contribution in [0.25, 0.3) is 5.65 Å². The minimum atomic E-state index is -0.429. The predicted molar refractivity (Wildman–Crippen MR) is 131 cm³/mol.